The van der Waals surface area contributed by atoms with Crippen molar-refractivity contribution in [2.45, 2.75) is 52.1 Å². The molecule has 0 saturated carbocycles. The number of ether oxygens (including phenoxy) is 2. The Morgan fingerprint density at radius 2 is 1.97 bits per heavy atom. The fraction of sp³-hybridized carbons (Fsp3) is 0.367. The number of aromatic amines is 1. The second-order valence-corrected chi connectivity index (χ2v) is 9.90. The molecule has 0 radical (unpaired) electrons. The number of rotatable bonds is 13. The van der Waals surface area contributed by atoms with Crippen LogP contribution >= 0.6 is 0 Å². The molecule has 1 amide bonds. The normalized spacial score (nSPS) is 12.0. The number of hydrogen-bond donors (Lipinski definition) is 3. The van der Waals surface area contributed by atoms with Crippen molar-refractivity contribution in [1.82, 2.24) is 14.5 Å². The maximum atomic E-state index is 13.1. The Morgan fingerprint density at radius 1 is 1.18 bits per heavy atom. The Balaban J connectivity index is 1.75. The van der Waals surface area contributed by atoms with Gasteiger partial charge < -0.3 is 29.7 Å². The zero-order chi connectivity index (χ0) is 27.9. The van der Waals surface area contributed by atoms with E-state index in [9.17, 15) is 9.59 Å². The number of pyridine rings is 1. The minimum atomic E-state index is -0.543. The van der Waals surface area contributed by atoms with Crippen LogP contribution in [0.3, 0.4) is 0 Å². The lowest BCUT2D eigenvalue weighted by Crippen LogP contribution is -2.18. The predicted molar refractivity (Wildman–Crippen MR) is 155 cm³/mol. The summed E-state index contributed by atoms with van der Waals surface area (Å²) in [6.07, 6.45) is 6.40. The van der Waals surface area contributed by atoms with Crippen LogP contribution in [0.5, 0.6) is 0 Å². The molecular weight excluding hydrogens is 494 g/mol. The zero-order valence-electron chi connectivity index (χ0n) is 23.1. The highest BCUT2D eigenvalue weighted by atomic mass is 16.5. The van der Waals surface area contributed by atoms with Gasteiger partial charge in [-0.3, -0.25) is 4.79 Å². The highest BCUT2D eigenvalue weighted by Gasteiger charge is 2.26. The molecule has 0 bridgehead atoms. The molecule has 3 N–H and O–H groups in total. The number of fused-ring (bicyclic) bond motifs is 2. The largest absolute Gasteiger partial charge is 0.464 e. The van der Waals surface area contributed by atoms with Crippen LogP contribution in [0.4, 0.5) is 11.4 Å². The molecule has 1 atom stereocenters. The number of anilines is 2. The first-order valence-electron chi connectivity index (χ1n) is 13.2. The van der Waals surface area contributed by atoms with Crippen LogP contribution < -0.4 is 10.6 Å². The van der Waals surface area contributed by atoms with Crippen molar-refractivity contribution in [2.75, 3.05) is 31.5 Å². The molecule has 0 saturated heterocycles. The lowest BCUT2D eigenvalue weighted by molar-refractivity contribution is -0.117. The fourth-order valence-electron chi connectivity index (χ4n) is 4.74. The van der Waals surface area contributed by atoms with Gasteiger partial charge in [-0.15, -0.1) is 6.58 Å². The van der Waals surface area contributed by atoms with Gasteiger partial charge in [0.2, 0.25) is 5.91 Å². The summed E-state index contributed by atoms with van der Waals surface area (Å²) in [5.74, 6) is -0.802. The van der Waals surface area contributed by atoms with Crippen molar-refractivity contribution >= 4 is 45.2 Å². The second-order valence-electron chi connectivity index (χ2n) is 9.90. The van der Waals surface area contributed by atoms with E-state index in [1.165, 1.54) is 7.11 Å². The first kappa shape index (κ1) is 27.9. The lowest BCUT2D eigenvalue weighted by atomic mass is 10.1. The van der Waals surface area contributed by atoms with E-state index in [0.29, 0.717) is 29.7 Å². The van der Waals surface area contributed by atoms with Gasteiger partial charge in [0.05, 0.1) is 37.7 Å². The molecule has 3 heterocycles. The van der Waals surface area contributed by atoms with E-state index in [1.54, 1.807) is 13.3 Å². The molecule has 4 aromatic rings. The van der Waals surface area contributed by atoms with Crippen molar-refractivity contribution < 1.29 is 19.1 Å². The van der Waals surface area contributed by atoms with Crippen molar-refractivity contribution in [3.05, 3.63) is 66.1 Å². The minimum Gasteiger partial charge on any atom is -0.464 e. The summed E-state index contributed by atoms with van der Waals surface area (Å²) in [5.41, 5.74) is 5.36. The highest BCUT2D eigenvalue weighted by Crippen LogP contribution is 2.33. The number of benzene rings is 1. The predicted octanol–water partition coefficient (Wildman–Crippen LogP) is 5.68. The van der Waals surface area contributed by atoms with Gasteiger partial charge in [0.15, 0.2) is 5.69 Å². The maximum absolute atomic E-state index is 13.1. The molecule has 0 unspecified atom stereocenters. The quantitative estimate of drug-likeness (QED) is 0.151. The number of hydrogen-bond acceptors (Lipinski definition) is 6. The van der Waals surface area contributed by atoms with E-state index in [1.807, 2.05) is 42.0 Å². The number of methoxy groups -OCH3 is 2. The summed E-state index contributed by atoms with van der Waals surface area (Å²) in [6.45, 7) is 8.84. The van der Waals surface area contributed by atoms with Gasteiger partial charge >= 0.3 is 5.97 Å². The Morgan fingerprint density at radius 3 is 2.72 bits per heavy atom. The van der Waals surface area contributed by atoms with Gasteiger partial charge in [-0.1, -0.05) is 23.8 Å². The number of esters is 1. The molecule has 9 heteroatoms. The van der Waals surface area contributed by atoms with E-state index in [4.69, 9.17) is 14.5 Å². The number of amides is 1. The standard InChI is InChI=1S/C30H37N5O4/c1-19(2)10-11-20(3)33-22-16-24-27(34-26(36)13-15-38-4)28(30(37)39-5)35(29(24)32-18-22)14-12-21-17-31-25-9-7-6-8-23(21)25/h6-9,16-18,20,31,33H,1,10-15H2,2-5H3,(H,34,36)/t20-/m1/s1. The average Bonchev–Trinajstić information content (AvgIpc) is 3.47. The fourth-order valence-corrected chi connectivity index (χ4v) is 4.74. The van der Waals surface area contributed by atoms with Gasteiger partial charge in [0.25, 0.3) is 0 Å². The molecule has 0 aliphatic carbocycles. The molecule has 0 aliphatic rings. The number of carbonyl (C=O) groups is 2. The molecule has 4 rings (SSSR count). The third kappa shape index (κ3) is 6.49. The number of aromatic nitrogens is 3. The molecule has 0 fully saturated rings. The van der Waals surface area contributed by atoms with Crippen LogP contribution in [0.15, 0.2) is 54.9 Å². The van der Waals surface area contributed by atoms with Crippen molar-refractivity contribution in [3.8, 4) is 0 Å². The Bertz CT molecular complexity index is 1490. The SMILES string of the molecule is C=C(C)CC[C@@H](C)Nc1cnc2c(c1)c(NC(=O)CCOC)c(C(=O)OC)n2CCc1c[nH]c2ccccc12. The molecule has 9 nitrogen and oxygen atoms in total. The van der Waals surface area contributed by atoms with Gasteiger partial charge in [-0.2, -0.15) is 0 Å². The molecule has 39 heavy (non-hydrogen) atoms. The first-order valence-corrected chi connectivity index (χ1v) is 13.2. The zero-order valence-corrected chi connectivity index (χ0v) is 23.1. The summed E-state index contributed by atoms with van der Waals surface area (Å²) in [7, 11) is 2.88. The lowest BCUT2D eigenvalue weighted by Gasteiger charge is -2.15. The van der Waals surface area contributed by atoms with Crippen LogP contribution in [0.1, 0.15) is 49.2 Å². The number of nitrogens with zero attached hydrogens (tertiary/aromatic N) is 2. The van der Waals surface area contributed by atoms with Crippen LogP contribution in [0, 0.1) is 0 Å². The highest BCUT2D eigenvalue weighted by molar-refractivity contribution is 6.11. The monoisotopic (exact) mass is 531 g/mol. The second kappa shape index (κ2) is 12.6. The van der Waals surface area contributed by atoms with Gasteiger partial charge in [-0.25, -0.2) is 9.78 Å². The number of allylic oxidation sites excluding steroid dienone is 1. The van der Waals surface area contributed by atoms with Crippen LogP contribution in [0.25, 0.3) is 21.9 Å². The van der Waals surface area contributed by atoms with Crippen molar-refractivity contribution in [3.63, 3.8) is 0 Å². The Labute approximate surface area is 228 Å². The number of nitrogens with one attached hydrogen (secondary N) is 3. The van der Waals surface area contributed by atoms with E-state index in [-0.39, 0.29) is 30.7 Å². The summed E-state index contributed by atoms with van der Waals surface area (Å²) >= 11 is 0. The molecule has 0 spiro atoms. The van der Waals surface area contributed by atoms with Crippen molar-refractivity contribution in [1.29, 1.82) is 0 Å². The van der Waals surface area contributed by atoms with E-state index >= 15 is 0 Å². The van der Waals surface area contributed by atoms with Crippen LogP contribution in [-0.2, 0) is 27.2 Å². The van der Waals surface area contributed by atoms with E-state index in [0.717, 1.165) is 40.6 Å². The number of para-hydroxylation sites is 1. The average molecular weight is 532 g/mol. The number of H-pyrrole nitrogens is 1. The van der Waals surface area contributed by atoms with Gasteiger partial charge in [0.1, 0.15) is 5.65 Å². The third-order valence-corrected chi connectivity index (χ3v) is 6.77. The Kier molecular flexibility index (Phi) is 9.03. The van der Waals surface area contributed by atoms with Crippen LogP contribution in [0.2, 0.25) is 0 Å². The summed E-state index contributed by atoms with van der Waals surface area (Å²) in [5, 5.41) is 8.22. The third-order valence-electron chi connectivity index (χ3n) is 6.77. The first-order chi connectivity index (χ1) is 18.8. The number of carbonyl (C=O) groups excluding carboxylic acids is 2. The van der Waals surface area contributed by atoms with Crippen molar-refractivity contribution in [2.24, 2.45) is 0 Å². The van der Waals surface area contributed by atoms with E-state index < -0.39 is 5.97 Å². The molecule has 206 valence electrons. The van der Waals surface area contributed by atoms with Gasteiger partial charge in [-0.05, 0) is 50.8 Å². The summed E-state index contributed by atoms with van der Waals surface area (Å²) in [4.78, 5) is 34.0. The minimum absolute atomic E-state index is 0.155. The number of aryl methyl sites for hydroxylation is 2. The molecule has 1 aromatic carbocycles. The van der Waals surface area contributed by atoms with E-state index in [2.05, 4.69) is 35.2 Å². The topological polar surface area (TPSA) is 110 Å². The smallest absolute Gasteiger partial charge is 0.356 e. The molecule has 3 aromatic heterocycles. The maximum Gasteiger partial charge on any atom is 0.356 e. The van der Waals surface area contributed by atoms with Gasteiger partial charge in [0, 0.05) is 42.2 Å². The van der Waals surface area contributed by atoms with Crippen LogP contribution in [-0.4, -0.2) is 53.3 Å². The molecular formula is C30H37N5O4. The summed E-state index contributed by atoms with van der Waals surface area (Å²) in [6, 6.07) is 10.2. The Hall–Kier alpha value is -4.11. The summed E-state index contributed by atoms with van der Waals surface area (Å²) < 4.78 is 12.1. The molecule has 0 aliphatic heterocycles.